The van der Waals surface area contributed by atoms with Crippen LogP contribution in [0.15, 0.2) is 28.8 Å². The Labute approximate surface area is 126 Å². The second kappa shape index (κ2) is 5.56. The van der Waals surface area contributed by atoms with Crippen LogP contribution in [0.4, 0.5) is 0 Å². The average Bonchev–Trinajstić information content (AvgIpc) is 3.03. The molecular weight excluding hydrogens is 320 g/mol. The minimum Gasteiger partial charge on any atom is -0.356 e. The first-order valence-corrected chi connectivity index (χ1v) is 8.01. The summed E-state index contributed by atoms with van der Waals surface area (Å²) in [5, 5.41) is 5.81. The zero-order valence-corrected chi connectivity index (χ0v) is 13.0. The maximum atomic E-state index is 12.5. The lowest BCUT2D eigenvalue weighted by Gasteiger charge is -2.25. The highest BCUT2D eigenvalue weighted by Gasteiger charge is 2.33. The van der Waals surface area contributed by atoms with E-state index in [1.165, 1.54) is 0 Å². The summed E-state index contributed by atoms with van der Waals surface area (Å²) in [5.74, 6) is 0.685. The van der Waals surface area contributed by atoms with Gasteiger partial charge in [-0.1, -0.05) is 40.1 Å². The third-order valence-corrected chi connectivity index (χ3v) is 4.80. The van der Waals surface area contributed by atoms with E-state index in [1.807, 2.05) is 29.2 Å². The Kier molecular flexibility index (Phi) is 3.78. The highest BCUT2D eigenvalue weighted by Crippen LogP contribution is 2.27. The van der Waals surface area contributed by atoms with Crippen LogP contribution in [0.1, 0.15) is 19.0 Å². The zero-order valence-electron chi connectivity index (χ0n) is 11.4. The molecule has 1 saturated heterocycles. The number of hydrogen-bond donors (Lipinski definition) is 0. The predicted octanol–water partition coefficient (Wildman–Crippen LogP) is 3.00. The van der Waals surface area contributed by atoms with Gasteiger partial charge in [-0.25, -0.2) is 0 Å². The van der Waals surface area contributed by atoms with Gasteiger partial charge in [0.25, 0.3) is 0 Å². The van der Waals surface area contributed by atoms with Crippen LogP contribution in [0.3, 0.4) is 0 Å². The number of alkyl halides is 1. The van der Waals surface area contributed by atoms with Gasteiger partial charge in [0.2, 0.25) is 5.91 Å². The van der Waals surface area contributed by atoms with Gasteiger partial charge in [0.1, 0.15) is 5.69 Å². The highest BCUT2D eigenvalue weighted by atomic mass is 79.9. The van der Waals surface area contributed by atoms with E-state index in [1.54, 1.807) is 0 Å². The topological polar surface area (TPSA) is 46.3 Å². The summed E-state index contributed by atoms with van der Waals surface area (Å²) in [7, 11) is 0. The molecule has 5 heteroatoms. The second-order valence-electron chi connectivity index (χ2n) is 5.38. The molecule has 1 amide bonds. The van der Waals surface area contributed by atoms with E-state index in [0.717, 1.165) is 35.0 Å². The van der Waals surface area contributed by atoms with Crippen LogP contribution in [-0.4, -0.2) is 33.9 Å². The molecule has 1 fully saturated rings. The van der Waals surface area contributed by atoms with Crippen LogP contribution in [0, 0.1) is 5.92 Å². The molecule has 4 nitrogen and oxygen atoms in total. The number of rotatable bonds is 3. The largest absolute Gasteiger partial charge is 0.356 e. The third kappa shape index (κ3) is 2.35. The Hall–Kier alpha value is -1.36. The van der Waals surface area contributed by atoms with Crippen molar-refractivity contribution in [3.05, 3.63) is 30.0 Å². The summed E-state index contributed by atoms with van der Waals surface area (Å²) in [6, 6.07) is 7.95. The standard InChI is InChI=1S/C15H17BrN2O2/c1-10-6-7-18(13(10)9-16)15(19)8-12-11-4-2-3-5-14(11)20-17-12/h2-5,10,13H,6-9H2,1H3. The Morgan fingerprint density at radius 3 is 3.10 bits per heavy atom. The van der Waals surface area contributed by atoms with E-state index < -0.39 is 0 Å². The van der Waals surface area contributed by atoms with Crippen molar-refractivity contribution in [2.24, 2.45) is 5.92 Å². The van der Waals surface area contributed by atoms with Crippen molar-refractivity contribution in [3.63, 3.8) is 0 Å². The normalized spacial score (nSPS) is 22.6. The minimum absolute atomic E-state index is 0.137. The van der Waals surface area contributed by atoms with E-state index in [2.05, 4.69) is 28.0 Å². The van der Waals surface area contributed by atoms with E-state index in [4.69, 9.17) is 4.52 Å². The van der Waals surface area contributed by atoms with Crippen molar-refractivity contribution in [1.82, 2.24) is 10.1 Å². The number of amides is 1. The lowest BCUT2D eigenvalue weighted by atomic mass is 10.0. The Morgan fingerprint density at radius 1 is 1.50 bits per heavy atom. The number of aromatic nitrogens is 1. The molecule has 0 aliphatic carbocycles. The van der Waals surface area contributed by atoms with Gasteiger partial charge in [0.05, 0.1) is 6.42 Å². The van der Waals surface area contributed by atoms with Crippen molar-refractivity contribution < 1.29 is 9.32 Å². The van der Waals surface area contributed by atoms with Crippen LogP contribution in [0.25, 0.3) is 11.0 Å². The number of carbonyl (C=O) groups is 1. The SMILES string of the molecule is CC1CCN(C(=O)Cc2noc3ccccc23)C1CBr. The summed E-state index contributed by atoms with van der Waals surface area (Å²) < 4.78 is 5.26. The van der Waals surface area contributed by atoms with E-state index in [9.17, 15) is 4.79 Å². The molecule has 3 rings (SSSR count). The van der Waals surface area contributed by atoms with Crippen LogP contribution in [0.5, 0.6) is 0 Å². The Bertz CT molecular complexity index is 625. The number of carbonyl (C=O) groups excluding carboxylic acids is 1. The van der Waals surface area contributed by atoms with Gasteiger partial charge in [-0.3, -0.25) is 4.79 Å². The highest BCUT2D eigenvalue weighted by molar-refractivity contribution is 9.09. The fraction of sp³-hybridized carbons (Fsp3) is 0.467. The molecule has 0 radical (unpaired) electrons. The molecule has 2 atom stereocenters. The molecule has 0 bridgehead atoms. The Morgan fingerprint density at radius 2 is 2.30 bits per heavy atom. The van der Waals surface area contributed by atoms with Gasteiger partial charge in [0.15, 0.2) is 5.58 Å². The van der Waals surface area contributed by atoms with Crippen molar-refractivity contribution in [3.8, 4) is 0 Å². The summed E-state index contributed by atoms with van der Waals surface area (Å²) in [5.41, 5.74) is 1.47. The van der Waals surface area contributed by atoms with E-state index >= 15 is 0 Å². The Balaban J connectivity index is 1.79. The van der Waals surface area contributed by atoms with Crippen molar-refractivity contribution in [2.75, 3.05) is 11.9 Å². The molecule has 1 aliphatic rings. The number of likely N-dealkylation sites (tertiary alicyclic amines) is 1. The number of fused-ring (bicyclic) bond motifs is 1. The second-order valence-corrected chi connectivity index (χ2v) is 6.02. The predicted molar refractivity (Wildman–Crippen MR) is 80.8 cm³/mol. The summed E-state index contributed by atoms with van der Waals surface area (Å²) in [6.45, 7) is 3.04. The van der Waals surface area contributed by atoms with Gasteiger partial charge in [0, 0.05) is 23.3 Å². The summed E-state index contributed by atoms with van der Waals surface area (Å²) >= 11 is 3.52. The average molecular weight is 337 g/mol. The van der Waals surface area contributed by atoms with Gasteiger partial charge in [-0.2, -0.15) is 0 Å². The van der Waals surface area contributed by atoms with Gasteiger partial charge in [-0.05, 0) is 24.5 Å². The molecular formula is C15H17BrN2O2. The lowest BCUT2D eigenvalue weighted by molar-refractivity contribution is -0.131. The summed E-state index contributed by atoms with van der Waals surface area (Å²) in [4.78, 5) is 14.5. The quantitative estimate of drug-likeness (QED) is 0.809. The first-order chi connectivity index (χ1) is 9.70. The van der Waals surface area contributed by atoms with Crippen LogP contribution >= 0.6 is 15.9 Å². The van der Waals surface area contributed by atoms with Crippen LogP contribution < -0.4 is 0 Å². The molecule has 0 N–H and O–H groups in total. The molecule has 2 unspecified atom stereocenters. The van der Waals surface area contributed by atoms with Crippen molar-refractivity contribution in [1.29, 1.82) is 0 Å². The van der Waals surface area contributed by atoms with Gasteiger partial charge in [-0.15, -0.1) is 0 Å². The first-order valence-electron chi connectivity index (χ1n) is 6.89. The summed E-state index contributed by atoms with van der Waals surface area (Å²) in [6.07, 6.45) is 1.38. The fourth-order valence-electron chi connectivity index (χ4n) is 2.86. The number of para-hydroxylation sites is 1. The molecule has 0 spiro atoms. The third-order valence-electron chi connectivity index (χ3n) is 4.13. The van der Waals surface area contributed by atoms with Crippen molar-refractivity contribution in [2.45, 2.75) is 25.8 Å². The molecule has 1 aromatic heterocycles. The number of hydrogen-bond acceptors (Lipinski definition) is 3. The maximum absolute atomic E-state index is 12.5. The number of nitrogens with zero attached hydrogens (tertiary/aromatic N) is 2. The van der Waals surface area contributed by atoms with Crippen molar-refractivity contribution >= 4 is 32.8 Å². The zero-order chi connectivity index (χ0) is 14.1. The maximum Gasteiger partial charge on any atom is 0.229 e. The monoisotopic (exact) mass is 336 g/mol. The lowest BCUT2D eigenvalue weighted by Crippen LogP contribution is -2.39. The molecule has 106 valence electrons. The molecule has 2 aromatic rings. The number of halogens is 1. The van der Waals surface area contributed by atoms with Gasteiger partial charge < -0.3 is 9.42 Å². The van der Waals surface area contributed by atoms with E-state index in [-0.39, 0.29) is 5.91 Å². The minimum atomic E-state index is 0.137. The molecule has 1 aromatic carbocycles. The van der Waals surface area contributed by atoms with Gasteiger partial charge >= 0.3 is 0 Å². The first kappa shape index (κ1) is 13.6. The fourth-order valence-corrected chi connectivity index (χ4v) is 3.85. The molecule has 1 aliphatic heterocycles. The van der Waals surface area contributed by atoms with E-state index in [0.29, 0.717) is 18.4 Å². The molecule has 0 saturated carbocycles. The number of benzene rings is 1. The molecule has 2 heterocycles. The smallest absolute Gasteiger partial charge is 0.229 e. The molecule has 20 heavy (non-hydrogen) atoms. The van der Waals surface area contributed by atoms with Crippen LogP contribution in [-0.2, 0) is 11.2 Å². The van der Waals surface area contributed by atoms with Crippen LogP contribution in [0.2, 0.25) is 0 Å².